The van der Waals surface area contributed by atoms with E-state index in [1.807, 2.05) is 6.07 Å². The van der Waals surface area contributed by atoms with Crippen LogP contribution < -0.4 is 4.72 Å². The first-order valence-corrected chi connectivity index (χ1v) is 13.5. The van der Waals surface area contributed by atoms with E-state index >= 15 is 0 Å². The Morgan fingerprint density at radius 1 is 1.12 bits per heavy atom. The molecule has 33 heavy (non-hydrogen) atoms. The summed E-state index contributed by atoms with van der Waals surface area (Å²) in [5.74, 6) is -0.101. The standard InChI is InChI=1S/C24H27N3O4S2/c1-23(9-10-23)15-24(29)11-13-27(14-12-24)22(28)17-5-7-18(8-6-17)26-33(30,31)20-4-2-3-19-21(20)25-16-32-19/h2-8,16,26,29H,9-15H2,1H3. The first-order chi connectivity index (χ1) is 15.7. The van der Waals surface area contributed by atoms with Crippen molar-refractivity contribution < 1.29 is 18.3 Å². The third kappa shape index (κ3) is 4.62. The van der Waals surface area contributed by atoms with Crippen molar-refractivity contribution in [2.45, 2.75) is 49.5 Å². The maximum absolute atomic E-state index is 12.9. The second-order valence-corrected chi connectivity index (χ2v) is 12.2. The molecule has 1 aliphatic carbocycles. The third-order valence-corrected chi connectivity index (χ3v) is 9.04. The average molecular weight is 486 g/mol. The van der Waals surface area contributed by atoms with Gasteiger partial charge in [0.2, 0.25) is 0 Å². The first-order valence-electron chi connectivity index (χ1n) is 11.1. The van der Waals surface area contributed by atoms with Crippen LogP contribution in [0, 0.1) is 5.41 Å². The normalized spacial score (nSPS) is 19.4. The number of likely N-dealkylation sites (tertiary alicyclic amines) is 1. The van der Waals surface area contributed by atoms with Crippen LogP contribution in [0.3, 0.4) is 0 Å². The number of rotatable bonds is 6. The van der Waals surface area contributed by atoms with E-state index in [9.17, 15) is 18.3 Å². The average Bonchev–Trinajstić information content (AvgIpc) is 3.30. The number of amides is 1. The molecule has 5 rings (SSSR count). The van der Waals surface area contributed by atoms with Crippen molar-refractivity contribution in [1.29, 1.82) is 0 Å². The highest BCUT2D eigenvalue weighted by molar-refractivity contribution is 7.93. The smallest absolute Gasteiger partial charge is 0.264 e. The zero-order valence-corrected chi connectivity index (χ0v) is 20.1. The van der Waals surface area contributed by atoms with Gasteiger partial charge < -0.3 is 10.0 Å². The van der Waals surface area contributed by atoms with Crippen LogP contribution in [0.2, 0.25) is 0 Å². The quantitative estimate of drug-likeness (QED) is 0.544. The molecule has 1 aliphatic heterocycles. The van der Waals surface area contributed by atoms with E-state index in [1.54, 1.807) is 40.7 Å². The summed E-state index contributed by atoms with van der Waals surface area (Å²) in [6, 6.07) is 11.5. The fourth-order valence-corrected chi connectivity index (χ4v) is 6.64. The largest absolute Gasteiger partial charge is 0.390 e. The lowest BCUT2D eigenvalue weighted by molar-refractivity contribution is -0.0355. The Morgan fingerprint density at radius 3 is 2.48 bits per heavy atom. The molecule has 2 heterocycles. The maximum Gasteiger partial charge on any atom is 0.264 e. The zero-order valence-electron chi connectivity index (χ0n) is 18.5. The summed E-state index contributed by atoms with van der Waals surface area (Å²) in [4.78, 5) is 19.0. The maximum atomic E-state index is 12.9. The lowest BCUT2D eigenvalue weighted by atomic mass is 9.82. The molecule has 1 aromatic heterocycles. The van der Waals surface area contributed by atoms with Crippen LogP contribution in [-0.2, 0) is 10.0 Å². The lowest BCUT2D eigenvalue weighted by Gasteiger charge is -2.39. The van der Waals surface area contributed by atoms with E-state index in [0.29, 0.717) is 42.7 Å². The summed E-state index contributed by atoms with van der Waals surface area (Å²) in [5, 5.41) is 10.9. The van der Waals surface area contributed by atoms with E-state index in [1.165, 1.54) is 30.2 Å². The van der Waals surface area contributed by atoms with Gasteiger partial charge in [-0.25, -0.2) is 13.4 Å². The lowest BCUT2D eigenvalue weighted by Crippen LogP contribution is -2.47. The van der Waals surface area contributed by atoms with Gasteiger partial charge in [-0.2, -0.15) is 0 Å². The minimum absolute atomic E-state index is 0.101. The Morgan fingerprint density at radius 2 is 1.82 bits per heavy atom. The summed E-state index contributed by atoms with van der Waals surface area (Å²) in [6.45, 7) is 3.27. The number of thiazole rings is 1. The van der Waals surface area contributed by atoms with E-state index in [-0.39, 0.29) is 16.2 Å². The van der Waals surface area contributed by atoms with Crippen molar-refractivity contribution in [1.82, 2.24) is 9.88 Å². The van der Waals surface area contributed by atoms with Gasteiger partial charge in [-0.3, -0.25) is 9.52 Å². The van der Waals surface area contributed by atoms with Crippen molar-refractivity contribution in [3.63, 3.8) is 0 Å². The highest BCUT2D eigenvalue weighted by Gasteiger charge is 2.46. The molecule has 0 atom stereocenters. The van der Waals surface area contributed by atoms with Crippen LogP contribution in [0.25, 0.3) is 10.2 Å². The number of sulfonamides is 1. The van der Waals surface area contributed by atoms with Crippen molar-refractivity contribution in [3.05, 3.63) is 53.5 Å². The van der Waals surface area contributed by atoms with E-state index in [4.69, 9.17) is 0 Å². The minimum atomic E-state index is -3.82. The van der Waals surface area contributed by atoms with Gasteiger partial charge in [-0.05, 0) is 73.9 Å². The Balaban J connectivity index is 1.24. The third-order valence-electron chi connectivity index (χ3n) is 6.84. The summed E-state index contributed by atoms with van der Waals surface area (Å²) in [5.41, 5.74) is 2.54. The molecule has 1 amide bonds. The Kier molecular flexibility index (Phi) is 5.46. The number of piperidine rings is 1. The van der Waals surface area contributed by atoms with Gasteiger partial charge >= 0.3 is 0 Å². The number of benzene rings is 2. The first kappa shape index (κ1) is 22.3. The molecule has 2 N–H and O–H groups in total. The number of aliphatic hydroxyl groups is 1. The molecule has 3 aromatic rings. The van der Waals surface area contributed by atoms with Gasteiger partial charge in [-0.15, -0.1) is 11.3 Å². The number of anilines is 1. The molecule has 9 heteroatoms. The van der Waals surface area contributed by atoms with E-state index in [2.05, 4.69) is 16.6 Å². The number of carbonyl (C=O) groups excluding carboxylic acids is 1. The second kappa shape index (κ2) is 8.07. The zero-order chi connectivity index (χ0) is 23.3. The molecule has 174 valence electrons. The molecular weight excluding hydrogens is 458 g/mol. The summed E-state index contributed by atoms with van der Waals surface area (Å²) in [7, 11) is -3.82. The van der Waals surface area contributed by atoms with Crippen molar-refractivity contribution >= 4 is 43.2 Å². The van der Waals surface area contributed by atoms with Crippen LogP contribution in [0.1, 0.15) is 49.4 Å². The Bertz CT molecular complexity index is 1290. The molecule has 0 unspecified atom stereocenters. The number of nitrogens with one attached hydrogen (secondary N) is 1. The molecule has 1 saturated heterocycles. The van der Waals surface area contributed by atoms with Crippen LogP contribution in [0.15, 0.2) is 52.9 Å². The number of hydrogen-bond acceptors (Lipinski definition) is 6. The van der Waals surface area contributed by atoms with Crippen LogP contribution in [0.4, 0.5) is 5.69 Å². The van der Waals surface area contributed by atoms with Crippen molar-refractivity contribution in [3.8, 4) is 0 Å². The van der Waals surface area contributed by atoms with Gasteiger partial charge in [0.25, 0.3) is 15.9 Å². The predicted octanol–water partition coefficient (Wildman–Crippen LogP) is 4.25. The number of carbonyl (C=O) groups is 1. The number of fused-ring (bicyclic) bond motifs is 1. The second-order valence-electron chi connectivity index (χ2n) is 9.64. The van der Waals surface area contributed by atoms with Gasteiger partial charge in [0.15, 0.2) is 0 Å². The van der Waals surface area contributed by atoms with Gasteiger partial charge in [0.1, 0.15) is 10.4 Å². The fourth-order valence-electron chi connectivity index (χ4n) is 4.64. The van der Waals surface area contributed by atoms with Gasteiger partial charge in [0.05, 0.1) is 15.8 Å². The van der Waals surface area contributed by atoms with Gasteiger partial charge in [-0.1, -0.05) is 13.0 Å². The minimum Gasteiger partial charge on any atom is -0.390 e. The Labute approximate surface area is 197 Å². The van der Waals surface area contributed by atoms with Crippen LogP contribution in [0.5, 0.6) is 0 Å². The summed E-state index contributed by atoms with van der Waals surface area (Å²) in [6.07, 6.45) is 4.34. The van der Waals surface area contributed by atoms with Crippen LogP contribution in [-0.4, -0.2) is 48.0 Å². The highest BCUT2D eigenvalue weighted by Crippen LogP contribution is 2.52. The number of aromatic nitrogens is 1. The van der Waals surface area contributed by atoms with Gasteiger partial charge in [0, 0.05) is 24.3 Å². The summed E-state index contributed by atoms with van der Waals surface area (Å²) < 4.78 is 29.2. The molecule has 2 fully saturated rings. The SMILES string of the molecule is CC1(CC2(O)CCN(C(=O)c3ccc(NS(=O)(=O)c4cccc5scnc45)cc3)CC2)CC1. The Hall–Kier alpha value is -2.49. The number of para-hydroxylation sites is 1. The highest BCUT2D eigenvalue weighted by atomic mass is 32.2. The number of hydrogen-bond donors (Lipinski definition) is 2. The predicted molar refractivity (Wildman–Crippen MR) is 129 cm³/mol. The summed E-state index contributed by atoms with van der Waals surface area (Å²) >= 11 is 1.39. The topological polar surface area (TPSA) is 99.6 Å². The molecular formula is C24H27N3O4S2. The number of nitrogens with zero attached hydrogens (tertiary/aromatic N) is 2. The van der Waals surface area contributed by atoms with Crippen molar-refractivity contribution in [2.75, 3.05) is 17.8 Å². The molecule has 2 aliphatic rings. The monoisotopic (exact) mass is 485 g/mol. The van der Waals surface area contributed by atoms with E-state index < -0.39 is 15.6 Å². The molecule has 1 saturated carbocycles. The molecule has 0 radical (unpaired) electrons. The molecule has 0 spiro atoms. The molecule has 0 bridgehead atoms. The fraction of sp³-hybridized carbons (Fsp3) is 0.417. The van der Waals surface area contributed by atoms with Crippen LogP contribution >= 0.6 is 11.3 Å². The van der Waals surface area contributed by atoms with E-state index in [0.717, 1.165) is 11.1 Å². The molecule has 7 nitrogen and oxygen atoms in total. The van der Waals surface area contributed by atoms with Crippen molar-refractivity contribution in [2.24, 2.45) is 5.41 Å². The molecule has 2 aromatic carbocycles.